The summed E-state index contributed by atoms with van der Waals surface area (Å²) in [6.45, 7) is 0. The van der Waals surface area contributed by atoms with E-state index in [1.165, 1.54) is 18.9 Å². The van der Waals surface area contributed by atoms with Crippen LogP contribution in [0.4, 0.5) is 0 Å². The normalized spacial score (nSPS) is 19.7. The predicted octanol–water partition coefficient (Wildman–Crippen LogP) is 1.88. The number of carbonyl (C=O) groups is 2. The monoisotopic (exact) mass is 242 g/mol. The van der Waals surface area contributed by atoms with Crippen LogP contribution in [0.25, 0.3) is 0 Å². The van der Waals surface area contributed by atoms with Crippen LogP contribution >= 0.6 is 0 Å². The smallest absolute Gasteiger partial charge is 0.228 e. The van der Waals surface area contributed by atoms with E-state index in [9.17, 15) is 9.59 Å². The molecule has 0 aromatic carbocycles. The molecule has 2 aliphatic rings. The molecule has 18 heavy (non-hydrogen) atoms. The number of rotatable bonds is 2. The van der Waals surface area contributed by atoms with Gasteiger partial charge in [-0.2, -0.15) is 0 Å². The minimum absolute atomic E-state index is 0.141. The van der Waals surface area contributed by atoms with Crippen LogP contribution in [0.5, 0.6) is 0 Å². The van der Waals surface area contributed by atoms with Gasteiger partial charge in [-0.05, 0) is 25.0 Å². The molecule has 0 saturated heterocycles. The summed E-state index contributed by atoms with van der Waals surface area (Å²) in [5, 5.41) is 3.19. The van der Waals surface area contributed by atoms with Gasteiger partial charge in [-0.25, -0.2) is 0 Å². The molecule has 1 heterocycles. The van der Waals surface area contributed by atoms with Gasteiger partial charge in [0.1, 0.15) is 5.69 Å². The van der Waals surface area contributed by atoms with Gasteiger partial charge in [0, 0.05) is 18.3 Å². The van der Waals surface area contributed by atoms with Gasteiger partial charge >= 0.3 is 0 Å². The number of hydrogen-bond acceptors (Lipinski definition) is 4. The van der Waals surface area contributed by atoms with Crippen LogP contribution < -0.4 is 5.32 Å². The SMILES string of the molecule is O=C1C=C(NC2CCCC2)C(=O)c2ncccc21. The van der Waals surface area contributed by atoms with E-state index in [4.69, 9.17) is 0 Å². The van der Waals surface area contributed by atoms with Crippen molar-refractivity contribution in [3.05, 3.63) is 41.4 Å². The fourth-order valence-corrected chi connectivity index (χ4v) is 2.58. The van der Waals surface area contributed by atoms with Crippen LogP contribution in [-0.2, 0) is 0 Å². The highest BCUT2D eigenvalue weighted by Crippen LogP contribution is 2.22. The molecule has 4 nitrogen and oxygen atoms in total. The van der Waals surface area contributed by atoms with Crippen LogP contribution in [0, 0.1) is 0 Å². The second-order valence-corrected chi connectivity index (χ2v) is 4.78. The second kappa shape index (κ2) is 4.37. The zero-order valence-corrected chi connectivity index (χ0v) is 9.98. The zero-order valence-electron chi connectivity index (χ0n) is 9.98. The van der Waals surface area contributed by atoms with Gasteiger partial charge in [0.2, 0.25) is 5.78 Å². The Hall–Kier alpha value is -1.97. The number of aromatic nitrogens is 1. The summed E-state index contributed by atoms with van der Waals surface area (Å²) in [6.07, 6.45) is 7.44. The lowest BCUT2D eigenvalue weighted by Gasteiger charge is -2.19. The number of allylic oxidation sites excluding steroid dienone is 2. The van der Waals surface area contributed by atoms with E-state index >= 15 is 0 Å². The van der Waals surface area contributed by atoms with E-state index in [2.05, 4.69) is 10.3 Å². The van der Waals surface area contributed by atoms with Crippen molar-refractivity contribution in [1.29, 1.82) is 0 Å². The number of fused-ring (bicyclic) bond motifs is 1. The summed E-state index contributed by atoms with van der Waals surface area (Å²) < 4.78 is 0. The molecule has 4 heteroatoms. The Morgan fingerprint density at radius 1 is 1.22 bits per heavy atom. The topological polar surface area (TPSA) is 59.1 Å². The van der Waals surface area contributed by atoms with Crippen LogP contribution in [0.3, 0.4) is 0 Å². The summed E-state index contributed by atoms with van der Waals surface area (Å²) in [6, 6.07) is 3.64. The molecule has 0 spiro atoms. The maximum absolute atomic E-state index is 12.2. The van der Waals surface area contributed by atoms with E-state index in [1.54, 1.807) is 18.3 Å². The number of pyridine rings is 1. The fourth-order valence-electron chi connectivity index (χ4n) is 2.58. The molecule has 92 valence electrons. The molecular weight excluding hydrogens is 228 g/mol. The van der Waals surface area contributed by atoms with Crippen molar-refractivity contribution < 1.29 is 9.59 Å². The molecule has 0 unspecified atom stereocenters. The number of ketones is 2. The Morgan fingerprint density at radius 2 is 2.00 bits per heavy atom. The van der Waals surface area contributed by atoms with E-state index in [0.717, 1.165) is 12.8 Å². The number of nitrogens with one attached hydrogen (secondary N) is 1. The first kappa shape index (κ1) is 11.1. The molecule has 1 aromatic rings. The van der Waals surface area contributed by atoms with Crippen molar-refractivity contribution in [1.82, 2.24) is 10.3 Å². The number of carbonyl (C=O) groups excluding carboxylic acids is 2. The second-order valence-electron chi connectivity index (χ2n) is 4.78. The molecule has 3 rings (SSSR count). The Morgan fingerprint density at radius 3 is 2.78 bits per heavy atom. The highest BCUT2D eigenvalue weighted by Gasteiger charge is 2.28. The first-order valence-electron chi connectivity index (χ1n) is 6.28. The standard InChI is InChI=1S/C14H14N2O2/c17-12-8-11(16-9-4-1-2-5-9)14(18)13-10(12)6-3-7-15-13/h3,6-9,16H,1-2,4-5H2. The molecule has 1 saturated carbocycles. The number of Topliss-reactive ketones (excluding diaryl/α,β-unsaturated/α-hetero) is 1. The van der Waals surface area contributed by atoms with Gasteiger partial charge in [-0.3, -0.25) is 14.6 Å². The summed E-state index contributed by atoms with van der Waals surface area (Å²) in [5.41, 5.74) is 1.07. The molecule has 0 amide bonds. The van der Waals surface area contributed by atoms with Crippen molar-refractivity contribution in [2.75, 3.05) is 0 Å². The van der Waals surface area contributed by atoms with E-state index in [-0.39, 0.29) is 17.3 Å². The fraction of sp³-hybridized carbons (Fsp3) is 0.357. The van der Waals surface area contributed by atoms with E-state index < -0.39 is 0 Å². The van der Waals surface area contributed by atoms with Crippen molar-refractivity contribution in [2.24, 2.45) is 0 Å². The molecule has 0 aliphatic heterocycles. The minimum Gasteiger partial charge on any atom is -0.379 e. The third kappa shape index (κ3) is 1.83. The van der Waals surface area contributed by atoms with Crippen molar-refractivity contribution >= 4 is 11.6 Å². The summed E-state index contributed by atoms with van der Waals surface area (Å²) >= 11 is 0. The minimum atomic E-state index is -0.169. The third-order valence-corrected chi connectivity index (χ3v) is 3.52. The first-order chi connectivity index (χ1) is 8.75. The lowest BCUT2D eigenvalue weighted by atomic mass is 9.97. The Bertz CT molecular complexity index is 542. The Balaban J connectivity index is 1.89. The first-order valence-corrected chi connectivity index (χ1v) is 6.28. The highest BCUT2D eigenvalue weighted by molar-refractivity contribution is 6.23. The van der Waals surface area contributed by atoms with Gasteiger partial charge in [0.15, 0.2) is 5.78 Å². The van der Waals surface area contributed by atoms with Gasteiger partial charge in [0.25, 0.3) is 0 Å². The maximum atomic E-state index is 12.2. The van der Waals surface area contributed by atoms with Crippen LogP contribution in [0.15, 0.2) is 30.1 Å². The molecule has 0 bridgehead atoms. The van der Waals surface area contributed by atoms with E-state index in [1.807, 2.05) is 0 Å². The van der Waals surface area contributed by atoms with E-state index in [0.29, 0.717) is 17.3 Å². The van der Waals surface area contributed by atoms with Crippen LogP contribution in [-0.4, -0.2) is 22.6 Å². The summed E-state index contributed by atoms with van der Waals surface area (Å²) in [4.78, 5) is 28.1. The largest absolute Gasteiger partial charge is 0.379 e. The number of nitrogens with zero attached hydrogens (tertiary/aromatic N) is 1. The predicted molar refractivity (Wildman–Crippen MR) is 66.4 cm³/mol. The lowest BCUT2D eigenvalue weighted by molar-refractivity contribution is 0.0972. The van der Waals surface area contributed by atoms with Gasteiger partial charge in [-0.1, -0.05) is 12.8 Å². The van der Waals surface area contributed by atoms with Gasteiger partial charge in [-0.15, -0.1) is 0 Å². The zero-order chi connectivity index (χ0) is 12.5. The van der Waals surface area contributed by atoms with Crippen molar-refractivity contribution in [3.8, 4) is 0 Å². The molecule has 2 aliphatic carbocycles. The maximum Gasteiger partial charge on any atom is 0.228 e. The van der Waals surface area contributed by atoms with Gasteiger partial charge < -0.3 is 5.32 Å². The van der Waals surface area contributed by atoms with Crippen LogP contribution in [0.2, 0.25) is 0 Å². The Labute approximate surface area is 105 Å². The molecular formula is C14H14N2O2. The summed E-state index contributed by atoms with van der Waals surface area (Å²) in [7, 11) is 0. The van der Waals surface area contributed by atoms with Crippen molar-refractivity contribution in [3.63, 3.8) is 0 Å². The third-order valence-electron chi connectivity index (χ3n) is 3.52. The summed E-state index contributed by atoms with van der Waals surface area (Å²) in [5.74, 6) is -0.310. The molecule has 1 fully saturated rings. The lowest BCUT2D eigenvalue weighted by Crippen LogP contribution is -2.33. The molecule has 0 atom stereocenters. The average molecular weight is 242 g/mol. The average Bonchev–Trinajstić information content (AvgIpc) is 2.89. The van der Waals surface area contributed by atoms with Crippen molar-refractivity contribution in [2.45, 2.75) is 31.7 Å². The molecule has 1 aromatic heterocycles. The molecule has 0 radical (unpaired) electrons. The quantitative estimate of drug-likeness (QED) is 0.860. The molecule has 1 N–H and O–H groups in total. The Kier molecular flexibility index (Phi) is 2.70. The van der Waals surface area contributed by atoms with Crippen LogP contribution in [0.1, 0.15) is 46.5 Å². The van der Waals surface area contributed by atoms with Gasteiger partial charge in [0.05, 0.1) is 11.3 Å². The highest BCUT2D eigenvalue weighted by atomic mass is 16.1. The number of hydrogen-bond donors (Lipinski definition) is 1.